The van der Waals surface area contributed by atoms with Crippen LogP contribution in [0.15, 0.2) is 164 Å². The largest absolute Gasteiger partial charge is 0.486 e. The smallest absolute Gasteiger partial charge is 0.398 e. The summed E-state index contributed by atoms with van der Waals surface area (Å²) in [6.45, 7) is 0. The molecule has 6 rings (SSSR count). The van der Waals surface area contributed by atoms with Gasteiger partial charge in [-0.05, 0) is 27.8 Å². The molecular formula is C39H37BO5. The van der Waals surface area contributed by atoms with Crippen molar-refractivity contribution in [2.75, 3.05) is 14.2 Å². The quantitative estimate of drug-likeness (QED) is 0.163. The maximum atomic E-state index is 11.0. The van der Waals surface area contributed by atoms with Gasteiger partial charge in [0.25, 0.3) is 0 Å². The molecule has 0 aromatic heterocycles. The van der Waals surface area contributed by atoms with Crippen LogP contribution in [0.25, 0.3) is 0 Å². The Kier molecular flexibility index (Phi) is 9.41. The van der Waals surface area contributed by atoms with Gasteiger partial charge in [0.15, 0.2) is 0 Å². The highest BCUT2D eigenvalue weighted by Crippen LogP contribution is 2.50. The Bertz CT molecular complexity index is 1470. The number of methoxy groups -OCH3 is 2. The van der Waals surface area contributed by atoms with E-state index in [1.807, 2.05) is 103 Å². The van der Waals surface area contributed by atoms with Gasteiger partial charge in [-0.25, -0.2) is 0 Å². The number of hydrogen-bond donors (Lipinski definition) is 1. The Hall–Kier alpha value is -4.30. The molecule has 3 atom stereocenters. The van der Waals surface area contributed by atoms with Crippen molar-refractivity contribution in [1.82, 2.24) is 0 Å². The fourth-order valence-corrected chi connectivity index (χ4v) is 6.57. The maximum absolute atomic E-state index is 11.0. The van der Waals surface area contributed by atoms with E-state index in [1.165, 1.54) is 0 Å². The molecule has 0 bridgehead atoms. The van der Waals surface area contributed by atoms with E-state index in [4.69, 9.17) is 18.8 Å². The van der Waals surface area contributed by atoms with E-state index in [0.29, 0.717) is 0 Å². The number of ether oxygens (including phenoxy) is 2. The van der Waals surface area contributed by atoms with E-state index < -0.39 is 36.6 Å². The van der Waals surface area contributed by atoms with Gasteiger partial charge in [-0.15, -0.1) is 0 Å². The van der Waals surface area contributed by atoms with Crippen LogP contribution in [0, 0.1) is 0 Å². The lowest BCUT2D eigenvalue weighted by atomic mass is 9.71. The summed E-state index contributed by atoms with van der Waals surface area (Å²) in [7, 11) is 2.60. The monoisotopic (exact) mass is 596 g/mol. The first kappa shape index (κ1) is 30.7. The van der Waals surface area contributed by atoms with Gasteiger partial charge >= 0.3 is 7.12 Å². The molecule has 1 aliphatic heterocycles. The van der Waals surface area contributed by atoms with Crippen LogP contribution in [0.3, 0.4) is 0 Å². The van der Waals surface area contributed by atoms with E-state index in [-0.39, 0.29) is 0 Å². The van der Waals surface area contributed by atoms with Gasteiger partial charge in [-0.3, -0.25) is 0 Å². The summed E-state index contributed by atoms with van der Waals surface area (Å²) >= 11 is 0. The molecule has 45 heavy (non-hydrogen) atoms. The lowest BCUT2D eigenvalue weighted by Crippen LogP contribution is -2.56. The van der Waals surface area contributed by atoms with E-state index >= 15 is 0 Å². The van der Waals surface area contributed by atoms with Crippen LogP contribution in [0.5, 0.6) is 0 Å². The minimum Gasteiger partial charge on any atom is -0.398 e. The van der Waals surface area contributed by atoms with E-state index in [9.17, 15) is 5.11 Å². The molecule has 0 aliphatic carbocycles. The second kappa shape index (κ2) is 13.8. The predicted octanol–water partition coefficient (Wildman–Crippen LogP) is 7.27. The molecular weight excluding hydrogens is 559 g/mol. The molecule has 0 saturated carbocycles. The molecule has 5 aromatic rings. The third-order valence-electron chi connectivity index (χ3n) is 8.68. The topological polar surface area (TPSA) is 57.2 Å². The van der Waals surface area contributed by atoms with Gasteiger partial charge in [-0.1, -0.05) is 164 Å². The van der Waals surface area contributed by atoms with Gasteiger partial charge in [0.1, 0.15) is 23.4 Å². The fraction of sp³-hybridized carbons (Fsp3) is 0.179. The highest BCUT2D eigenvalue weighted by molar-refractivity contribution is 6.51. The summed E-state index contributed by atoms with van der Waals surface area (Å²) in [5.74, 6) is 1.78. The zero-order chi connectivity index (χ0) is 31.1. The van der Waals surface area contributed by atoms with Crippen molar-refractivity contribution in [3.8, 4) is 0 Å². The van der Waals surface area contributed by atoms with Crippen LogP contribution < -0.4 is 0 Å². The molecule has 1 heterocycles. The molecule has 1 aliphatic rings. The molecule has 6 heteroatoms. The second-order valence-electron chi connectivity index (χ2n) is 11.1. The van der Waals surface area contributed by atoms with Crippen molar-refractivity contribution in [3.63, 3.8) is 0 Å². The van der Waals surface area contributed by atoms with Gasteiger partial charge in [0.2, 0.25) is 0 Å². The summed E-state index contributed by atoms with van der Waals surface area (Å²) in [4.78, 5) is 0. The molecule has 5 aromatic carbocycles. The van der Waals surface area contributed by atoms with Crippen LogP contribution in [0.1, 0.15) is 33.9 Å². The number of benzene rings is 5. The summed E-state index contributed by atoms with van der Waals surface area (Å²) < 4.78 is 27.2. The normalized spacial score (nSPS) is 17.9. The Labute approximate surface area is 265 Å². The van der Waals surface area contributed by atoms with Crippen molar-refractivity contribution < 1.29 is 23.9 Å². The van der Waals surface area contributed by atoms with Gasteiger partial charge in [0, 0.05) is 14.2 Å². The van der Waals surface area contributed by atoms with Gasteiger partial charge < -0.3 is 23.9 Å². The van der Waals surface area contributed by atoms with Crippen molar-refractivity contribution in [2.24, 2.45) is 0 Å². The standard InChI is InChI=1S/C39H37BO5/c1-42-38(31-20-10-4-11-21-31,32-22-12-5-13-23-32)36-37(45-40(44-36)29-28-35(41)30-18-8-3-9-19-30)39(43-2,33-24-14-6-15-25-33)34-26-16-7-17-27-34/h3-29,35-37,41H,1-2H3/b29-28+/t35-,36-,37-/m1/s1. The molecule has 0 amide bonds. The van der Waals surface area contributed by atoms with Crippen molar-refractivity contribution in [1.29, 1.82) is 0 Å². The highest BCUT2D eigenvalue weighted by Gasteiger charge is 2.61. The van der Waals surface area contributed by atoms with E-state index in [0.717, 1.165) is 27.8 Å². The van der Waals surface area contributed by atoms with Crippen LogP contribution in [-0.2, 0) is 30.0 Å². The summed E-state index contributed by atoms with van der Waals surface area (Å²) in [6, 6.07) is 49.9. The Morgan fingerprint density at radius 1 is 0.556 bits per heavy atom. The van der Waals surface area contributed by atoms with E-state index in [2.05, 4.69) is 48.5 Å². The lowest BCUT2D eigenvalue weighted by molar-refractivity contribution is -0.136. The Balaban J connectivity index is 1.56. The first-order valence-corrected chi connectivity index (χ1v) is 15.2. The van der Waals surface area contributed by atoms with Crippen LogP contribution in [0.4, 0.5) is 0 Å². The third kappa shape index (κ3) is 5.79. The van der Waals surface area contributed by atoms with E-state index in [1.54, 1.807) is 26.3 Å². The fourth-order valence-electron chi connectivity index (χ4n) is 6.57. The Morgan fingerprint density at radius 2 is 0.867 bits per heavy atom. The van der Waals surface area contributed by atoms with Crippen LogP contribution in [-0.4, -0.2) is 38.7 Å². The Morgan fingerprint density at radius 3 is 1.18 bits per heavy atom. The highest BCUT2D eigenvalue weighted by atomic mass is 16.7. The molecule has 5 nitrogen and oxygen atoms in total. The third-order valence-corrected chi connectivity index (χ3v) is 8.68. The molecule has 1 fully saturated rings. The zero-order valence-electron chi connectivity index (χ0n) is 25.5. The van der Waals surface area contributed by atoms with Crippen LogP contribution in [0.2, 0.25) is 0 Å². The molecule has 1 N–H and O–H groups in total. The average Bonchev–Trinajstić information content (AvgIpc) is 3.55. The number of aliphatic hydroxyl groups is 1. The molecule has 0 spiro atoms. The molecule has 1 saturated heterocycles. The summed E-state index contributed by atoms with van der Waals surface area (Å²) in [6.07, 6.45) is -0.549. The molecule has 0 radical (unpaired) electrons. The predicted molar refractivity (Wildman–Crippen MR) is 177 cm³/mol. The summed E-state index contributed by atoms with van der Waals surface area (Å²) in [5, 5.41) is 11.0. The zero-order valence-corrected chi connectivity index (χ0v) is 25.5. The first-order valence-electron chi connectivity index (χ1n) is 15.2. The van der Waals surface area contributed by atoms with Gasteiger partial charge in [0.05, 0.1) is 6.10 Å². The molecule has 0 unspecified atom stereocenters. The summed E-state index contributed by atoms with van der Waals surface area (Å²) in [5.41, 5.74) is 2.24. The number of hydrogen-bond acceptors (Lipinski definition) is 5. The van der Waals surface area contributed by atoms with Crippen molar-refractivity contribution in [2.45, 2.75) is 29.5 Å². The number of aliphatic hydroxyl groups excluding tert-OH is 1. The van der Waals surface area contributed by atoms with Crippen molar-refractivity contribution in [3.05, 3.63) is 192 Å². The molecule has 226 valence electrons. The van der Waals surface area contributed by atoms with Crippen LogP contribution >= 0.6 is 0 Å². The van der Waals surface area contributed by atoms with Crippen molar-refractivity contribution >= 4 is 7.12 Å². The maximum Gasteiger partial charge on any atom is 0.486 e. The first-order chi connectivity index (χ1) is 22.1. The average molecular weight is 597 g/mol. The number of rotatable bonds is 11. The lowest BCUT2D eigenvalue weighted by Gasteiger charge is -2.46. The SMILES string of the molecule is COC(c1ccccc1)(c1ccccc1)[C@@H]1OB(/C=C/[C@@H](O)c2ccccc2)O[C@H]1C(OC)(c1ccccc1)c1ccccc1. The second-order valence-corrected chi connectivity index (χ2v) is 11.1. The minimum absolute atomic E-state index is 0.712. The minimum atomic E-state index is -1.10. The van der Waals surface area contributed by atoms with Gasteiger partial charge in [-0.2, -0.15) is 0 Å².